The Morgan fingerprint density at radius 2 is 2.10 bits per heavy atom. The predicted molar refractivity (Wildman–Crippen MR) is 79.0 cm³/mol. The fourth-order valence-corrected chi connectivity index (χ4v) is 3.69. The number of aryl methyl sites for hydroxylation is 2. The second-order valence-electron chi connectivity index (χ2n) is 6.17. The van der Waals surface area contributed by atoms with Gasteiger partial charge in [-0.3, -0.25) is 0 Å². The van der Waals surface area contributed by atoms with Crippen molar-refractivity contribution >= 4 is 5.65 Å². The highest BCUT2D eigenvalue weighted by Gasteiger charge is 2.22. The van der Waals surface area contributed by atoms with Crippen LogP contribution in [0.15, 0.2) is 6.07 Å². The highest BCUT2D eigenvalue weighted by atomic mass is 15.3. The predicted octanol–water partition coefficient (Wildman–Crippen LogP) is 2.73. The summed E-state index contributed by atoms with van der Waals surface area (Å²) in [6, 6.07) is 2.61. The molecule has 4 rings (SSSR count). The van der Waals surface area contributed by atoms with Crippen molar-refractivity contribution < 1.29 is 0 Å². The van der Waals surface area contributed by atoms with Gasteiger partial charge in [0.25, 0.3) is 0 Å². The zero-order valence-electron chi connectivity index (χ0n) is 12.2. The van der Waals surface area contributed by atoms with E-state index in [9.17, 15) is 0 Å². The highest BCUT2D eigenvalue weighted by Crippen LogP contribution is 2.27. The Hall–Kier alpha value is -1.42. The molecule has 2 aromatic rings. The van der Waals surface area contributed by atoms with Crippen LogP contribution in [0.3, 0.4) is 0 Å². The summed E-state index contributed by atoms with van der Waals surface area (Å²) in [6.07, 6.45) is 8.68. The molecule has 0 aromatic carbocycles. The summed E-state index contributed by atoms with van der Waals surface area (Å²) in [4.78, 5) is 4.78. The lowest BCUT2D eigenvalue weighted by Gasteiger charge is -2.21. The molecule has 1 saturated heterocycles. The minimum absolute atomic E-state index is 0.421. The number of piperidine rings is 1. The summed E-state index contributed by atoms with van der Waals surface area (Å²) in [5.41, 5.74) is 6.26. The Balaban J connectivity index is 1.82. The molecule has 0 amide bonds. The molecule has 1 aliphatic heterocycles. The lowest BCUT2D eigenvalue weighted by Crippen LogP contribution is -2.27. The van der Waals surface area contributed by atoms with Gasteiger partial charge in [0.15, 0.2) is 5.65 Å². The second kappa shape index (κ2) is 4.85. The van der Waals surface area contributed by atoms with Gasteiger partial charge in [0.2, 0.25) is 0 Å². The fourth-order valence-electron chi connectivity index (χ4n) is 3.69. The molecule has 0 bridgehead atoms. The molecular formula is C16H22N4. The van der Waals surface area contributed by atoms with E-state index in [0.717, 1.165) is 18.6 Å². The van der Waals surface area contributed by atoms with Crippen LogP contribution in [-0.4, -0.2) is 21.1 Å². The van der Waals surface area contributed by atoms with Crippen LogP contribution in [0.25, 0.3) is 5.65 Å². The van der Waals surface area contributed by atoms with E-state index >= 15 is 0 Å². The van der Waals surface area contributed by atoms with Crippen molar-refractivity contribution in [3.8, 4) is 0 Å². The van der Waals surface area contributed by atoms with Gasteiger partial charge in [0, 0.05) is 17.5 Å². The van der Waals surface area contributed by atoms with Crippen LogP contribution in [-0.2, 0) is 12.8 Å². The molecule has 20 heavy (non-hydrogen) atoms. The molecule has 1 aliphatic carbocycles. The van der Waals surface area contributed by atoms with Crippen molar-refractivity contribution in [1.29, 1.82) is 0 Å². The number of hydrogen-bond acceptors (Lipinski definition) is 3. The summed E-state index contributed by atoms with van der Waals surface area (Å²) >= 11 is 0. The first-order valence-corrected chi connectivity index (χ1v) is 7.94. The van der Waals surface area contributed by atoms with E-state index in [-0.39, 0.29) is 0 Å². The topological polar surface area (TPSA) is 42.2 Å². The molecule has 1 fully saturated rings. The molecule has 1 N–H and O–H groups in total. The molecule has 106 valence electrons. The second-order valence-corrected chi connectivity index (χ2v) is 6.17. The van der Waals surface area contributed by atoms with Gasteiger partial charge in [-0.15, -0.1) is 0 Å². The first-order chi connectivity index (χ1) is 9.83. The van der Waals surface area contributed by atoms with Crippen LogP contribution in [0.4, 0.5) is 0 Å². The standard InChI is InChI=1S/C16H22N4/c1-11-12-6-2-3-8-15(12)20-16(18-11)10-14(19-20)13-7-4-5-9-17-13/h10,13,17H,2-9H2,1H3. The maximum atomic E-state index is 4.88. The maximum absolute atomic E-state index is 4.88. The van der Waals surface area contributed by atoms with Crippen LogP contribution in [0.2, 0.25) is 0 Å². The molecule has 0 radical (unpaired) electrons. The lowest BCUT2D eigenvalue weighted by atomic mass is 9.95. The van der Waals surface area contributed by atoms with Crippen molar-refractivity contribution in [2.75, 3.05) is 6.54 Å². The Kier molecular flexibility index (Phi) is 2.99. The van der Waals surface area contributed by atoms with E-state index in [2.05, 4.69) is 22.8 Å². The van der Waals surface area contributed by atoms with E-state index in [1.807, 2.05) is 0 Å². The smallest absolute Gasteiger partial charge is 0.155 e. The Morgan fingerprint density at radius 3 is 2.95 bits per heavy atom. The number of fused-ring (bicyclic) bond motifs is 3. The van der Waals surface area contributed by atoms with E-state index in [4.69, 9.17) is 10.1 Å². The van der Waals surface area contributed by atoms with Crippen LogP contribution in [0, 0.1) is 6.92 Å². The van der Waals surface area contributed by atoms with Crippen molar-refractivity contribution in [2.24, 2.45) is 0 Å². The van der Waals surface area contributed by atoms with E-state index in [1.54, 1.807) is 0 Å². The van der Waals surface area contributed by atoms with Crippen molar-refractivity contribution in [2.45, 2.75) is 57.9 Å². The third-order valence-electron chi connectivity index (χ3n) is 4.79. The largest absolute Gasteiger partial charge is 0.309 e. The quantitative estimate of drug-likeness (QED) is 0.866. The van der Waals surface area contributed by atoms with Gasteiger partial charge < -0.3 is 5.32 Å². The molecule has 1 unspecified atom stereocenters. The maximum Gasteiger partial charge on any atom is 0.155 e. The normalized spacial score (nSPS) is 22.9. The molecule has 0 saturated carbocycles. The average molecular weight is 270 g/mol. The van der Waals surface area contributed by atoms with E-state index in [1.165, 1.54) is 61.2 Å². The highest BCUT2D eigenvalue weighted by molar-refractivity contribution is 5.46. The molecule has 2 aromatic heterocycles. The zero-order valence-corrected chi connectivity index (χ0v) is 12.2. The Bertz CT molecular complexity index is 637. The summed E-state index contributed by atoms with van der Waals surface area (Å²) in [6.45, 7) is 3.26. The molecular weight excluding hydrogens is 248 g/mol. The molecule has 3 heterocycles. The third kappa shape index (κ3) is 1.94. The number of rotatable bonds is 1. The Labute approximate surface area is 119 Å². The summed E-state index contributed by atoms with van der Waals surface area (Å²) in [5.74, 6) is 0. The first-order valence-electron chi connectivity index (χ1n) is 7.94. The van der Waals surface area contributed by atoms with Crippen molar-refractivity contribution in [3.05, 3.63) is 28.7 Å². The van der Waals surface area contributed by atoms with Gasteiger partial charge in [0.1, 0.15) is 0 Å². The minimum Gasteiger partial charge on any atom is -0.309 e. The zero-order chi connectivity index (χ0) is 13.5. The van der Waals surface area contributed by atoms with Crippen molar-refractivity contribution in [1.82, 2.24) is 19.9 Å². The third-order valence-corrected chi connectivity index (χ3v) is 4.79. The van der Waals surface area contributed by atoms with Gasteiger partial charge in [-0.1, -0.05) is 6.42 Å². The molecule has 0 spiro atoms. The van der Waals surface area contributed by atoms with Gasteiger partial charge in [-0.25, -0.2) is 9.50 Å². The number of aromatic nitrogens is 3. The average Bonchev–Trinajstić information content (AvgIpc) is 2.93. The fraction of sp³-hybridized carbons (Fsp3) is 0.625. The summed E-state index contributed by atoms with van der Waals surface area (Å²) < 4.78 is 2.12. The van der Waals surface area contributed by atoms with Crippen LogP contribution >= 0.6 is 0 Å². The van der Waals surface area contributed by atoms with Gasteiger partial charge in [-0.05, 0) is 57.6 Å². The minimum atomic E-state index is 0.421. The molecule has 4 nitrogen and oxygen atoms in total. The van der Waals surface area contributed by atoms with E-state index in [0.29, 0.717) is 6.04 Å². The van der Waals surface area contributed by atoms with Gasteiger partial charge >= 0.3 is 0 Å². The van der Waals surface area contributed by atoms with Gasteiger partial charge in [0.05, 0.1) is 11.7 Å². The van der Waals surface area contributed by atoms with Crippen LogP contribution in [0.5, 0.6) is 0 Å². The SMILES string of the molecule is Cc1nc2cc(C3CCCCN3)nn2c2c1CCCC2. The van der Waals surface area contributed by atoms with Crippen molar-refractivity contribution in [3.63, 3.8) is 0 Å². The first kappa shape index (κ1) is 12.3. The monoisotopic (exact) mass is 270 g/mol. The van der Waals surface area contributed by atoms with E-state index < -0.39 is 0 Å². The number of nitrogens with zero attached hydrogens (tertiary/aromatic N) is 3. The summed E-state index contributed by atoms with van der Waals surface area (Å²) in [5, 5.41) is 8.47. The van der Waals surface area contributed by atoms with Crippen LogP contribution in [0.1, 0.15) is 60.8 Å². The molecule has 1 atom stereocenters. The number of hydrogen-bond donors (Lipinski definition) is 1. The summed E-state index contributed by atoms with van der Waals surface area (Å²) in [7, 11) is 0. The van der Waals surface area contributed by atoms with Gasteiger partial charge in [-0.2, -0.15) is 5.10 Å². The molecule has 4 heteroatoms. The lowest BCUT2D eigenvalue weighted by molar-refractivity contribution is 0.403. The van der Waals surface area contributed by atoms with Crippen LogP contribution < -0.4 is 5.32 Å². The Morgan fingerprint density at radius 1 is 1.20 bits per heavy atom. The molecule has 2 aliphatic rings. The number of nitrogens with one attached hydrogen (secondary N) is 1.